The zero-order valence-corrected chi connectivity index (χ0v) is 18.8. The number of esters is 1. The minimum Gasteiger partial charge on any atom is -0.478 e. The van der Waals surface area contributed by atoms with Gasteiger partial charge < -0.3 is 9.47 Å². The summed E-state index contributed by atoms with van der Waals surface area (Å²) in [6, 6.07) is 6.05. The van der Waals surface area contributed by atoms with Crippen LogP contribution in [0.4, 0.5) is 0 Å². The molecule has 1 aliphatic rings. The Morgan fingerprint density at radius 1 is 1.10 bits per heavy atom. The minimum absolute atomic E-state index is 0.128. The molecule has 0 atom stereocenters. The van der Waals surface area contributed by atoms with Gasteiger partial charge in [-0.05, 0) is 44.6 Å². The van der Waals surface area contributed by atoms with Crippen LogP contribution in [-0.4, -0.2) is 17.6 Å². The highest BCUT2D eigenvalue weighted by Crippen LogP contribution is 2.42. The van der Waals surface area contributed by atoms with Crippen LogP contribution < -0.4 is 9.47 Å². The van der Waals surface area contributed by atoms with Crippen molar-refractivity contribution in [3.8, 4) is 17.7 Å². The summed E-state index contributed by atoms with van der Waals surface area (Å²) in [7, 11) is 0. The van der Waals surface area contributed by atoms with Crippen molar-refractivity contribution in [1.29, 1.82) is 5.26 Å². The van der Waals surface area contributed by atoms with Crippen molar-refractivity contribution < 1.29 is 14.3 Å². The molecule has 1 aromatic heterocycles. The van der Waals surface area contributed by atoms with Gasteiger partial charge >= 0.3 is 5.97 Å². The Labute approximate surface area is 182 Å². The molecule has 0 bridgehead atoms. The number of nitrogens with zero attached hydrogens (tertiary/aromatic N) is 2. The van der Waals surface area contributed by atoms with Gasteiger partial charge in [-0.1, -0.05) is 58.8 Å². The predicted octanol–water partition coefficient (Wildman–Crippen LogP) is 6.62. The Morgan fingerprint density at radius 3 is 2.43 bits per heavy atom. The summed E-state index contributed by atoms with van der Waals surface area (Å²) < 4.78 is 11.1. The second-order valence-electron chi connectivity index (χ2n) is 8.64. The van der Waals surface area contributed by atoms with Gasteiger partial charge in [0.1, 0.15) is 5.75 Å². The Morgan fingerprint density at radius 2 is 1.80 bits per heavy atom. The summed E-state index contributed by atoms with van der Waals surface area (Å²) >= 11 is 0. The lowest BCUT2D eigenvalue weighted by atomic mass is 9.69. The molecule has 0 amide bonds. The first-order valence-electron chi connectivity index (χ1n) is 11.8. The van der Waals surface area contributed by atoms with Gasteiger partial charge in [-0.15, -0.1) is 0 Å². The summed E-state index contributed by atoms with van der Waals surface area (Å²) in [6.07, 6.45) is 14.9. The summed E-state index contributed by atoms with van der Waals surface area (Å²) in [5.41, 5.74) is -0.249. The quantitative estimate of drug-likeness (QED) is 0.268. The van der Waals surface area contributed by atoms with Crippen LogP contribution in [-0.2, 0) is 4.79 Å². The minimum atomic E-state index is -0.249. The molecule has 30 heavy (non-hydrogen) atoms. The lowest BCUT2D eigenvalue weighted by molar-refractivity contribution is -0.140. The largest absolute Gasteiger partial charge is 0.478 e. The zero-order chi connectivity index (χ0) is 21.7. The third-order valence-electron chi connectivity index (χ3n) is 6.20. The lowest BCUT2D eigenvalue weighted by Gasteiger charge is -2.34. The fraction of sp³-hybridized carbons (Fsp3) is 0.720. The van der Waals surface area contributed by atoms with Crippen LogP contribution in [0.1, 0.15) is 97.3 Å². The molecule has 166 valence electrons. The number of carbonyl (C=O) groups excluding carboxylic acids is 1. The van der Waals surface area contributed by atoms with E-state index in [1.54, 1.807) is 18.3 Å². The number of rotatable bonds is 13. The van der Waals surface area contributed by atoms with E-state index in [4.69, 9.17) is 9.47 Å². The topological polar surface area (TPSA) is 72.2 Å². The zero-order valence-electron chi connectivity index (χ0n) is 18.8. The first kappa shape index (κ1) is 24.2. The first-order chi connectivity index (χ1) is 14.6. The number of pyridine rings is 1. The highest BCUT2D eigenvalue weighted by Gasteiger charge is 2.37. The van der Waals surface area contributed by atoms with Crippen molar-refractivity contribution in [2.75, 3.05) is 6.61 Å². The van der Waals surface area contributed by atoms with Gasteiger partial charge in [-0.25, -0.2) is 4.98 Å². The van der Waals surface area contributed by atoms with Crippen molar-refractivity contribution >= 4 is 5.97 Å². The number of aromatic nitrogens is 1. The Bertz CT molecular complexity index is 658. The standard InChI is InChI=1S/C25H38N2O3/c1-3-5-7-8-9-15-25(20-26)16-13-21(14-17-25)24(28)30-22-11-12-23(27-19-22)29-18-10-6-4-2/h11-12,19,21H,3-10,13-18H2,1-2H3. The smallest absolute Gasteiger partial charge is 0.314 e. The van der Waals surface area contributed by atoms with Gasteiger partial charge in [-0.3, -0.25) is 4.79 Å². The second-order valence-corrected chi connectivity index (χ2v) is 8.64. The molecule has 2 rings (SSSR count). The molecule has 0 spiro atoms. The van der Waals surface area contributed by atoms with Gasteiger partial charge in [0, 0.05) is 6.07 Å². The average molecular weight is 415 g/mol. The number of ether oxygens (including phenoxy) is 2. The van der Waals surface area contributed by atoms with E-state index in [0.717, 1.165) is 57.8 Å². The Hall–Kier alpha value is -2.09. The molecular weight excluding hydrogens is 376 g/mol. The van der Waals surface area contributed by atoms with E-state index in [2.05, 4.69) is 24.9 Å². The van der Waals surface area contributed by atoms with E-state index in [1.165, 1.54) is 25.7 Å². The number of hydrogen-bond donors (Lipinski definition) is 0. The molecule has 0 N–H and O–H groups in total. The molecule has 0 saturated heterocycles. The van der Waals surface area contributed by atoms with Gasteiger partial charge in [0.2, 0.25) is 5.88 Å². The molecule has 0 radical (unpaired) electrons. The van der Waals surface area contributed by atoms with Crippen LogP contribution >= 0.6 is 0 Å². The summed E-state index contributed by atoms with van der Waals surface area (Å²) in [4.78, 5) is 16.8. The molecule has 1 heterocycles. The maximum Gasteiger partial charge on any atom is 0.314 e. The van der Waals surface area contributed by atoms with Crippen molar-refractivity contribution in [3.63, 3.8) is 0 Å². The van der Waals surface area contributed by atoms with Crippen molar-refractivity contribution in [3.05, 3.63) is 18.3 Å². The number of unbranched alkanes of at least 4 members (excludes halogenated alkanes) is 6. The van der Waals surface area contributed by atoms with Crippen molar-refractivity contribution in [2.45, 2.75) is 97.3 Å². The van der Waals surface area contributed by atoms with Gasteiger partial charge in [0.15, 0.2) is 0 Å². The third kappa shape index (κ3) is 7.97. The Kier molecular flexibility index (Phi) is 10.7. The molecule has 5 heteroatoms. The van der Waals surface area contributed by atoms with Gasteiger partial charge in [0.25, 0.3) is 0 Å². The third-order valence-corrected chi connectivity index (χ3v) is 6.20. The number of carbonyl (C=O) groups is 1. The van der Waals surface area contributed by atoms with E-state index < -0.39 is 0 Å². The maximum atomic E-state index is 12.6. The van der Waals surface area contributed by atoms with Crippen molar-refractivity contribution in [1.82, 2.24) is 4.98 Å². The van der Waals surface area contributed by atoms with Crippen LogP contribution in [0.2, 0.25) is 0 Å². The lowest BCUT2D eigenvalue weighted by Crippen LogP contribution is -2.31. The molecule has 1 aromatic rings. The predicted molar refractivity (Wildman–Crippen MR) is 118 cm³/mol. The van der Waals surface area contributed by atoms with Gasteiger partial charge in [-0.2, -0.15) is 5.26 Å². The molecule has 0 aliphatic heterocycles. The van der Waals surface area contributed by atoms with Crippen LogP contribution in [0.3, 0.4) is 0 Å². The first-order valence-corrected chi connectivity index (χ1v) is 11.8. The van der Waals surface area contributed by atoms with E-state index in [9.17, 15) is 10.1 Å². The molecule has 0 aromatic carbocycles. The maximum absolute atomic E-state index is 12.6. The molecule has 1 saturated carbocycles. The van der Waals surface area contributed by atoms with Crippen molar-refractivity contribution in [2.24, 2.45) is 11.3 Å². The van der Waals surface area contributed by atoms with Crippen LogP contribution in [0, 0.1) is 22.7 Å². The number of nitriles is 1. The number of hydrogen-bond acceptors (Lipinski definition) is 5. The molecule has 5 nitrogen and oxygen atoms in total. The SMILES string of the molecule is CCCCCCCC1(C#N)CCC(C(=O)Oc2ccc(OCCCCC)nc2)CC1. The van der Waals surface area contributed by atoms with E-state index >= 15 is 0 Å². The normalized spacial score (nSPS) is 21.0. The second kappa shape index (κ2) is 13.3. The van der Waals surface area contributed by atoms with Gasteiger partial charge in [0.05, 0.1) is 30.2 Å². The Balaban J connectivity index is 1.74. The highest BCUT2D eigenvalue weighted by atomic mass is 16.5. The van der Waals surface area contributed by atoms with E-state index in [-0.39, 0.29) is 17.3 Å². The fourth-order valence-corrected chi connectivity index (χ4v) is 4.13. The van der Waals surface area contributed by atoms with Crippen LogP contribution in [0.15, 0.2) is 18.3 Å². The van der Waals surface area contributed by atoms with Crippen LogP contribution in [0.5, 0.6) is 11.6 Å². The summed E-state index contributed by atoms with van der Waals surface area (Å²) in [5, 5.41) is 9.74. The van der Waals surface area contributed by atoms with Crippen LogP contribution in [0.25, 0.3) is 0 Å². The molecule has 0 unspecified atom stereocenters. The van der Waals surface area contributed by atoms with E-state index in [1.807, 2.05) is 0 Å². The molecular formula is C25H38N2O3. The summed E-state index contributed by atoms with van der Waals surface area (Å²) in [6.45, 7) is 5.02. The monoisotopic (exact) mass is 414 g/mol. The molecule has 1 aliphatic carbocycles. The average Bonchev–Trinajstić information content (AvgIpc) is 2.78. The fourth-order valence-electron chi connectivity index (χ4n) is 4.13. The highest BCUT2D eigenvalue weighted by molar-refractivity contribution is 5.75. The summed E-state index contributed by atoms with van der Waals surface area (Å²) in [5.74, 6) is 0.676. The van der Waals surface area contributed by atoms with E-state index in [0.29, 0.717) is 18.2 Å². The molecule has 1 fully saturated rings.